The molecule has 1 rings (SSSR count). The molecule has 1 aromatic rings. The molecule has 0 spiro atoms. The molecule has 0 atom stereocenters. The number of hydrogen-bond acceptors (Lipinski definition) is 3. The Morgan fingerprint density at radius 2 is 2.36 bits per heavy atom. The standard InChI is InChI=1S/C10H11NO3/c1-7(10(12)13)6-14-9-4-3-8(2)11-5-9/h3-5H,1,6H2,2H3,(H,12,13). The molecule has 74 valence electrons. The summed E-state index contributed by atoms with van der Waals surface area (Å²) in [6.45, 7) is 5.18. The Bertz CT molecular complexity index is 343. The topological polar surface area (TPSA) is 59.4 Å². The van der Waals surface area contributed by atoms with E-state index in [0.717, 1.165) is 5.69 Å². The number of hydrogen-bond donors (Lipinski definition) is 1. The first-order valence-electron chi connectivity index (χ1n) is 4.06. The van der Waals surface area contributed by atoms with Crippen molar-refractivity contribution in [2.45, 2.75) is 6.92 Å². The lowest BCUT2D eigenvalue weighted by atomic mass is 10.3. The van der Waals surface area contributed by atoms with Gasteiger partial charge in [-0.05, 0) is 19.1 Å². The second-order valence-corrected chi connectivity index (χ2v) is 2.83. The van der Waals surface area contributed by atoms with Crippen LogP contribution in [0.2, 0.25) is 0 Å². The number of ether oxygens (including phenoxy) is 1. The van der Waals surface area contributed by atoms with Gasteiger partial charge in [-0.3, -0.25) is 4.98 Å². The van der Waals surface area contributed by atoms with Crippen LogP contribution >= 0.6 is 0 Å². The zero-order valence-corrected chi connectivity index (χ0v) is 7.86. The Kier molecular flexibility index (Phi) is 3.23. The molecular formula is C10H11NO3. The van der Waals surface area contributed by atoms with Crippen LogP contribution in [0.4, 0.5) is 0 Å². The van der Waals surface area contributed by atoms with Crippen LogP contribution in [0.1, 0.15) is 5.69 Å². The molecule has 0 amide bonds. The van der Waals surface area contributed by atoms with E-state index in [1.807, 2.05) is 6.92 Å². The van der Waals surface area contributed by atoms with Crippen molar-refractivity contribution in [3.05, 3.63) is 36.2 Å². The quantitative estimate of drug-likeness (QED) is 0.734. The molecule has 0 aliphatic carbocycles. The molecule has 1 N–H and O–H groups in total. The van der Waals surface area contributed by atoms with E-state index in [-0.39, 0.29) is 12.2 Å². The molecule has 14 heavy (non-hydrogen) atoms. The van der Waals surface area contributed by atoms with Crippen LogP contribution in [0, 0.1) is 6.92 Å². The van der Waals surface area contributed by atoms with Crippen molar-refractivity contribution in [2.24, 2.45) is 0 Å². The summed E-state index contributed by atoms with van der Waals surface area (Å²) in [5.41, 5.74) is 0.903. The minimum Gasteiger partial charge on any atom is -0.487 e. The fraction of sp³-hybridized carbons (Fsp3) is 0.200. The van der Waals surface area contributed by atoms with Crippen molar-refractivity contribution in [3.8, 4) is 5.75 Å². The van der Waals surface area contributed by atoms with Crippen molar-refractivity contribution in [1.29, 1.82) is 0 Å². The van der Waals surface area contributed by atoms with Crippen molar-refractivity contribution < 1.29 is 14.6 Å². The van der Waals surface area contributed by atoms with E-state index in [4.69, 9.17) is 9.84 Å². The largest absolute Gasteiger partial charge is 0.487 e. The van der Waals surface area contributed by atoms with Crippen LogP contribution in [0.5, 0.6) is 5.75 Å². The predicted molar refractivity (Wildman–Crippen MR) is 51.2 cm³/mol. The van der Waals surface area contributed by atoms with Gasteiger partial charge in [0.1, 0.15) is 12.4 Å². The van der Waals surface area contributed by atoms with Gasteiger partial charge in [0.25, 0.3) is 0 Å². The third kappa shape index (κ3) is 2.90. The third-order valence-electron chi connectivity index (χ3n) is 1.60. The molecule has 1 heterocycles. The van der Waals surface area contributed by atoms with Gasteiger partial charge in [0, 0.05) is 5.69 Å². The number of carboxylic acid groups (broad SMARTS) is 1. The summed E-state index contributed by atoms with van der Waals surface area (Å²) in [4.78, 5) is 14.4. The Morgan fingerprint density at radius 1 is 1.64 bits per heavy atom. The average Bonchev–Trinajstić information content (AvgIpc) is 2.16. The van der Waals surface area contributed by atoms with Crippen molar-refractivity contribution in [1.82, 2.24) is 4.98 Å². The SMILES string of the molecule is C=C(COc1ccc(C)nc1)C(=O)O. The van der Waals surface area contributed by atoms with Gasteiger partial charge in [0.05, 0.1) is 11.8 Å². The molecule has 0 aromatic carbocycles. The average molecular weight is 193 g/mol. The van der Waals surface area contributed by atoms with Gasteiger partial charge in [0.2, 0.25) is 0 Å². The van der Waals surface area contributed by atoms with Crippen LogP contribution in [0.15, 0.2) is 30.5 Å². The lowest BCUT2D eigenvalue weighted by molar-refractivity contribution is -0.133. The lowest BCUT2D eigenvalue weighted by Crippen LogP contribution is -2.08. The van der Waals surface area contributed by atoms with E-state index in [1.165, 1.54) is 0 Å². The molecule has 0 aliphatic heterocycles. The van der Waals surface area contributed by atoms with E-state index < -0.39 is 5.97 Å². The minimum atomic E-state index is -1.05. The first kappa shape index (κ1) is 10.2. The third-order valence-corrected chi connectivity index (χ3v) is 1.60. The smallest absolute Gasteiger partial charge is 0.334 e. The fourth-order valence-electron chi connectivity index (χ4n) is 0.772. The monoisotopic (exact) mass is 193 g/mol. The Balaban J connectivity index is 2.50. The minimum absolute atomic E-state index is 0.0191. The summed E-state index contributed by atoms with van der Waals surface area (Å²) < 4.78 is 5.14. The van der Waals surface area contributed by atoms with Gasteiger partial charge in [-0.25, -0.2) is 4.79 Å². The van der Waals surface area contributed by atoms with Crippen molar-refractivity contribution in [3.63, 3.8) is 0 Å². The predicted octanol–water partition coefficient (Wildman–Crippen LogP) is 1.41. The highest BCUT2D eigenvalue weighted by Gasteiger charge is 2.04. The number of carbonyl (C=O) groups is 1. The summed E-state index contributed by atoms with van der Waals surface area (Å²) in [5.74, 6) is -0.511. The van der Waals surface area contributed by atoms with Gasteiger partial charge in [-0.2, -0.15) is 0 Å². The molecule has 4 nitrogen and oxygen atoms in total. The molecule has 1 aromatic heterocycles. The van der Waals surface area contributed by atoms with Crippen LogP contribution in [-0.2, 0) is 4.79 Å². The van der Waals surface area contributed by atoms with Gasteiger partial charge in [-0.15, -0.1) is 0 Å². The Morgan fingerprint density at radius 3 is 2.86 bits per heavy atom. The molecule has 0 fully saturated rings. The summed E-state index contributed by atoms with van der Waals surface area (Å²) in [6.07, 6.45) is 1.55. The highest BCUT2D eigenvalue weighted by atomic mass is 16.5. The van der Waals surface area contributed by atoms with E-state index in [1.54, 1.807) is 18.3 Å². The summed E-state index contributed by atoms with van der Waals surface area (Å²) in [7, 11) is 0. The number of carboxylic acids is 1. The van der Waals surface area contributed by atoms with Gasteiger partial charge < -0.3 is 9.84 Å². The van der Waals surface area contributed by atoms with Crippen molar-refractivity contribution in [2.75, 3.05) is 6.61 Å². The molecule has 0 radical (unpaired) electrons. The summed E-state index contributed by atoms with van der Waals surface area (Å²) >= 11 is 0. The highest BCUT2D eigenvalue weighted by molar-refractivity contribution is 5.86. The zero-order valence-electron chi connectivity index (χ0n) is 7.86. The fourth-order valence-corrected chi connectivity index (χ4v) is 0.772. The number of aromatic nitrogens is 1. The van der Waals surface area contributed by atoms with E-state index in [0.29, 0.717) is 5.75 Å². The first-order valence-corrected chi connectivity index (χ1v) is 4.06. The summed E-state index contributed by atoms with van der Waals surface area (Å²) in [6, 6.07) is 3.52. The number of nitrogens with zero attached hydrogens (tertiary/aromatic N) is 1. The van der Waals surface area contributed by atoms with Gasteiger partial charge >= 0.3 is 5.97 Å². The number of pyridine rings is 1. The molecule has 0 saturated carbocycles. The number of rotatable bonds is 4. The van der Waals surface area contributed by atoms with Crippen LogP contribution in [-0.4, -0.2) is 22.7 Å². The molecule has 0 saturated heterocycles. The Hall–Kier alpha value is -1.84. The molecule has 0 unspecified atom stereocenters. The first-order chi connectivity index (χ1) is 6.59. The van der Waals surface area contributed by atoms with Crippen LogP contribution in [0.25, 0.3) is 0 Å². The summed E-state index contributed by atoms with van der Waals surface area (Å²) in [5, 5.41) is 8.51. The maximum atomic E-state index is 10.4. The van der Waals surface area contributed by atoms with E-state index in [2.05, 4.69) is 11.6 Å². The second kappa shape index (κ2) is 4.41. The van der Waals surface area contributed by atoms with Crippen molar-refractivity contribution >= 4 is 5.97 Å². The van der Waals surface area contributed by atoms with E-state index in [9.17, 15) is 4.79 Å². The van der Waals surface area contributed by atoms with Crippen LogP contribution < -0.4 is 4.74 Å². The second-order valence-electron chi connectivity index (χ2n) is 2.83. The number of aryl methyl sites for hydroxylation is 1. The maximum absolute atomic E-state index is 10.4. The molecule has 4 heteroatoms. The normalized spacial score (nSPS) is 9.50. The Labute approximate surface area is 81.9 Å². The van der Waals surface area contributed by atoms with Gasteiger partial charge in [-0.1, -0.05) is 6.58 Å². The van der Waals surface area contributed by atoms with Crippen LogP contribution in [0.3, 0.4) is 0 Å². The maximum Gasteiger partial charge on any atom is 0.334 e. The lowest BCUT2D eigenvalue weighted by Gasteiger charge is -2.04. The molecule has 0 bridgehead atoms. The zero-order chi connectivity index (χ0) is 10.6. The van der Waals surface area contributed by atoms with E-state index >= 15 is 0 Å². The molecule has 0 aliphatic rings. The molecular weight excluding hydrogens is 182 g/mol. The number of aliphatic carboxylic acids is 1. The highest BCUT2D eigenvalue weighted by Crippen LogP contribution is 2.09. The van der Waals surface area contributed by atoms with Gasteiger partial charge in [0.15, 0.2) is 0 Å².